The summed E-state index contributed by atoms with van der Waals surface area (Å²) < 4.78 is 45.9. The molecule has 8 nitrogen and oxygen atoms in total. The zero-order valence-corrected chi connectivity index (χ0v) is 19.5. The summed E-state index contributed by atoms with van der Waals surface area (Å²) in [7, 11) is 1.42. The van der Waals surface area contributed by atoms with Crippen LogP contribution in [0.5, 0.6) is 0 Å². The molecular weight excluding hydrogens is 479 g/mol. The van der Waals surface area contributed by atoms with Crippen LogP contribution in [0.2, 0.25) is 0 Å². The molecule has 192 valence electrons. The Bertz CT molecular complexity index is 1230. The molecule has 3 aromatic rings. The number of aromatic nitrogens is 1. The predicted molar refractivity (Wildman–Crippen MR) is 126 cm³/mol. The number of carbonyl (C=O) groups excluding carboxylic acids is 2. The number of ether oxygens (including phenoxy) is 1. The minimum atomic E-state index is -1.19. The number of aliphatic hydroxyl groups is 2. The molecular formula is C25H26F3N3O5. The largest absolute Gasteiger partial charge is 0.447 e. The van der Waals surface area contributed by atoms with Crippen LogP contribution in [0.1, 0.15) is 18.4 Å². The Labute approximate surface area is 205 Å². The van der Waals surface area contributed by atoms with E-state index < -0.39 is 48.2 Å². The van der Waals surface area contributed by atoms with Crippen molar-refractivity contribution in [3.05, 3.63) is 71.7 Å². The first-order valence-electron chi connectivity index (χ1n) is 11.1. The van der Waals surface area contributed by atoms with Crippen molar-refractivity contribution in [2.45, 2.75) is 31.4 Å². The van der Waals surface area contributed by atoms with Crippen LogP contribution >= 0.6 is 0 Å². The van der Waals surface area contributed by atoms with Crippen molar-refractivity contribution in [2.75, 3.05) is 25.6 Å². The third-order valence-corrected chi connectivity index (χ3v) is 5.66. The Morgan fingerprint density at radius 2 is 1.92 bits per heavy atom. The molecule has 3 N–H and O–H groups in total. The average Bonchev–Trinajstić information content (AvgIpc) is 2.86. The molecule has 0 bridgehead atoms. The molecule has 2 amide bonds. The fourth-order valence-electron chi connectivity index (χ4n) is 3.58. The summed E-state index contributed by atoms with van der Waals surface area (Å²) in [6.45, 7) is -0.904. The lowest BCUT2D eigenvalue weighted by atomic mass is 10.1. The molecule has 36 heavy (non-hydrogen) atoms. The highest BCUT2D eigenvalue weighted by atomic mass is 19.2. The van der Waals surface area contributed by atoms with E-state index in [1.165, 1.54) is 48.5 Å². The van der Waals surface area contributed by atoms with E-state index in [4.69, 9.17) is 4.74 Å². The van der Waals surface area contributed by atoms with Crippen molar-refractivity contribution in [1.29, 1.82) is 0 Å². The van der Waals surface area contributed by atoms with Crippen LogP contribution in [-0.2, 0) is 16.0 Å². The van der Waals surface area contributed by atoms with Gasteiger partial charge in [-0.15, -0.1) is 0 Å². The predicted octanol–water partition coefficient (Wildman–Crippen LogP) is 3.40. The lowest BCUT2D eigenvalue weighted by Crippen LogP contribution is -2.43. The Morgan fingerprint density at radius 3 is 2.67 bits per heavy atom. The van der Waals surface area contributed by atoms with Crippen LogP contribution in [-0.4, -0.2) is 64.5 Å². The van der Waals surface area contributed by atoms with E-state index in [2.05, 4.69) is 10.3 Å². The van der Waals surface area contributed by atoms with Gasteiger partial charge in [-0.2, -0.15) is 0 Å². The Kier molecular flexibility index (Phi) is 9.20. The number of carbonyl (C=O) groups is 2. The van der Waals surface area contributed by atoms with E-state index in [0.717, 1.165) is 6.07 Å². The van der Waals surface area contributed by atoms with Crippen LogP contribution in [0, 0.1) is 17.5 Å². The van der Waals surface area contributed by atoms with Gasteiger partial charge in [0.15, 0.2) is 11.6 Å². The number of likely N-dealkylation sites (N-methyl/N-ethyl adjacent to an activating group) is 1. The van der Waals surface area contributed by atoms with Crippen molar-refractivity contribution in [1.82, 2.24) is 9.88 Å². The van der Waals surface area contributed by atoms with E-state index >= 15 is 0 Å². The van der Waals surface area contributed by atoms with Crippen LogP contribution in [0.15, 0.2) is 48.7 Å². The molecule has 0 radical (unpaired) electrons. The number of rotatable bonds is 10. The summed E-state index contributed by atoms with van der Waals surface area (Å²) in [4.78, 5) is 30.3. The number of fused-ring (bicyclic) bond motifs is 1. The molecule has 0 aliphatic rings. The Hall–Kier alpha value is -3.70. The number of anilines is 1. The van der Waals surface area contributed by atoms with Gasteiger partial charge in [-0.3, -0.25) is 10.1 Å². The smallest absolute Gasteiger partial charge is 0.412 e. The van der Waals surface area contributed by atoms with Crippen molar-refractivity contribution < 1.29 is 37.7 Å². The second kappa shape index (κ2) is 12.3. The second-order valence-electron chi connectivity index (χ2n) is 8.23. The number of nitrogens with zero attached hydrogens (tertiary/aromatic N) is 2. The van der Waals surface area contributed by atoms with E-state index in [1.54, 1.807) is 6.07 Å². The maximum absolute atomic E-state index is 13.9. The molecule has 0 saturated heterocycles. The first-order valence-corrected chi connectivity index (χ1v) is 11.1. The zero-order chi connectivity index (χ0) is 26.2. The highest BCUT2D eigenvalue weighted by Crippen LogP contribution is 2.19. The van der Waals surface area contributed by atoms with E-state index in [-0.39, 0.29) is 37.3 Å². The molecule has 1 aromatic heterocycles. The first kappa shape index (κ1) is 26.9. The van der Waals surface area contributed by atoms with Crippen molar-refractivity contribution in [3.8, 4) is 0 Å². The molecule has 3 rings (SSSR count). The number of benzene rings is 2. The standard InChI is InChI=1S/C25H26F3N3O5/c1-31(23(34)8-6-15-3-2-4-21(27)24(15)28)19(11-20(33)13-32)14-36-25(35)30-22-10-17-9-18(26)7-5-16(17)12-29-22/h2-5,7,9-10,12,19-20,32-33H,6,8,11,13-14H2,1H3,(H,29,30,35)/t19-,20-/m0/s1. The molecule has 1 heterocycles. The average molecular weight is 505 g/mol. The molecule has 0 aliphatic carbocycles. The molecule has 11 heteroatoms. The minimum absolute atomic E-state index is 0.0436. The molecule has 0 fully saturated rings. The second-order valence-corrected chi connectivity index (χ2v) is 8.23. The fourth-order valence-corrected chi connectivity index (χ4v) is 3.58. The number of aliphatic hydroxyl groups excluding tert-OH is 2. The van der Waals surface area contributed by atoms with Gasteiger partial charge in [-0.1, -0.05) is 12.1 Å². The van der Waals surface area contributed by atoms with Gasteiger partial charge >= 0.3 is 6.09 Å². The maximum atomic E-state index is 13.9. The summed E-state index contributed by atoms with van der Waals surface area (Å²) in [5.41, 5.74) is 0.0436. The first-order chi connectivity index (χ1) is 17.2. The summed E-state index contributed by atoms with van der Waals surface area (Å²) in [6, 6.07) is 8.47. The normalized spacial score (nSPS) is 12.7. The third-order valence-electron chi connectivity index (χ3n) is 5.66. The Balaban J connectivity index is 1.60. The molecule has 2 aromatic carbocycles. The SMILES string of the molecule is CN(C(=O)CCc1cccc(F)c1F)[C@H](COC(=O)Nc1cc2cc(F)ccc2cn1)C[C@H](O)CO. The van der Waals surface area contributed by atoms with Gasteiger partial charge in [-0.25, -0.2) is 22.9 Å². The summed E-state index contributed by atoms with van der Waals surface area (Å²) in [6.07, 6.45) is -0.949. The number of halogens is 3. The highest BCUT2D eigenvalue weighted by molar-refractivity contribution is 5.89. The number of hydrogen-bond acceptors (Lipinski definition) is 6. The van der Waals surface area contributed by atoms with Crippen molar-refractivity contribution >= 4 is 28.6 Å². The molecule has 0 unspecified atom stereocenters. The lowest BCUT2D eigenvalue weighted by molar-refractivity contribution is -0.133. The quantitative estimate of drug-likeness (QED) is 0.390. The van der Waals surface area contributed by atoms with Gasteiger partial charge < -0.3 is 19.8 Å². The van der Waals surface area contributed by atoms with Crippen LogP contribution in [0.3, 0.4) is 0 Å². The number of amides is 2. The van der Waals surface area contributed by atoms with Crippen LogP contribution in [0.25, 0.3) is 10.8 Å². The zero-order valence-electron chi connectivity index (χ0n) is 19.5. The summed E-state index contributed by atoms with van der Waals surface area (Å²) >= 11 is 0. The van der Waals surface area contributed by atoms with Gasteiger partial charge in [0, 0.05) is 25.1 Å². The molecule has 2 atom stereocenters. The molecule has 0 spiro atoms. The topological polar surface area (TPSA) is 112 Å². The Morgan fingerprint density at radius 1 is 1.14 bits per heavy atom. The van der Waals surface area contributed by atoms with Gasteiger partial charge in [0.1, 0.15) is 18.2 Å². The van der Waals surface area contributed by atoms with Crippen molar-refractivity contribution in [2.24, 2.45) is 0 Å². The number of nitrogens with one attached hydrogen (secondary N) is 1. The summed E-state index contributed by atoms with van der Waals surface area (Å²) in [5.74, 6) is -2.82. The fraction of sp³-hybridized carbons (Fsp3) is 0.320. The highest BCUT2D eigenvalue weighted by Gasteiger charge is 2.25. The monoisotopic (exact) mass is 505 g/mol. The molecule has 0 aliphatic heterocycles. The van der Waals surface area contributed by atoms with Gasteiger partial charge in [0.25, 0.3) is 0 Å². The van der Waals surface area contributed by atoms with Crippen LogP contribution < -0.4 is 5.32 Å². The van der Waals surface area contributed by atoms with Gasteiger partial charge in [0.2, 0.25) is 5.91 Å². The lowest BCUT2D eigenvalue weighted by Gasteiger charge is -2.29. The minimum Gasteiger partial charge on any atom is -0.447 e. The van der Waals surface area contributed by atoms with Gasteiger partial charge in [-0.05, 0) is 54.1 Å². The number of pyridine rings is 1. The van der Waals surface area contributed by atoms with E-state index in [0.29, 0.717) is 10.8 Å². The van der Waals surface area contributed by atoms with Crippen LogP contribution in [0.4, 0.5) is 23.8 Å². The number of aryl methyl sites for hydroxylation is 1. The number of hydrogen-bond donors (Lipinski definition) is 3. The summed E-state index contributed by atoms with van der Waals surface area (Å²) in [5, 5.41) is 22.7. The van der Waals surface area contributed by atoms with Gasteiger partial charge in [0.05, 0.1) is 18.8 Å². The molecule has 0 saturated carbocycles. The van der Waals surface area contributed by atoms with Crippen molar-refractivity contribution in [3.63, 3.8) is 0 Å². The maximum Gasteiger partial charge on any atom is 0.412 e. The van der Waals surface area contributed by atoms with E-state index in [1.807, 2.05) is 0 Å². The third kappa shape index (κ3) is 7.15. The van der Waals surface area contributed by atoms with E-state index in [9.17, 15) is 33.0 Å².